The SMILES string of the molecule is Cc1cc(Br)ccc1Oc1cc(Br)cc(C#N)c1. The van der Waals surface area contributed by atoms with Crippen LogP contribution in [0, 0.1) is 18.3 Å². The van der Waals surface area contributed by atoms with Gasteiger partial charge < -0.3 is 4.74 Å². The lowest BCUT2D eigenvalue weighted by molar-refractivity contribution is 0.478. The van der Waals surface area contributed by atoms with Crippen LogP contribution in [0.15, 0.2) is 45.3 Å². The van der Waals surface area contributed by atoms with Crippen molar-refractivity contribution in [2.75, 3.05) is 0 Å². The van der Waals surface area contributed by atoms with Crippen molar-refractivity contribution in [3.05, 3.63) is 56.5 Å². The Kier molecular flexibility index (Phi) is 4.05. The van der Waals surface area contributed by atoms with Gasteiger partial charge in [-0.2, -0.15) is 5.26 Å². The second-order valence-electron chi connectivity index (χ2n) is 3.80. The van der Waals surface area contributed by atoms with Gasteiger partial charge in [0.1, 0.15) is 11.5 Å². The quantitative estimate of drug-likeness (QED) is 0.733. The van der Waals surface area contributed by atoms with E-state index >= 15 is 0 Å². The minimum atomic E-state index is 0.564. The molecule has 0 heterocycles. The van der Waals surface area contributed by atoms with E-state index in [1.165, 1.54) is 0 Å². The van der Waals surface area contributed by atoms with Crippen LogP contribution in [0.5, 0.6) is 11.5 Å². The van der Waals surface area contributed by atoms with Crippen LogP contribution in [0.1, 0.15) is 11.1 Å². The summed E-state index contributed by atoms with van der Waals surface area (Å²) in [6.07, 6.45) is 0. The van der Waals surface area contributed by atoms with Gasteiger partial charge in [-0.25, -0.2) is 0 Å². The number of nitrogens with zero attached hydrogens (tertiary/aromatic N) is 1. The van der Waals surface area contributed by atoms with Crippen molar-refractivity contribution in [2.24, 2.45) is 0 Å². The minimum Gasteiger partial charge on any atom is -0.457 e. The van der Waals surface area contributed by atoms with Gasteiger partial charge in [-0.3, -0.25) is 0 Å². The summed E-state index contributed by atoms with van der Waals surface area (Å²) in [6, 6.07) is 13.2. The number of aryl methyl sites for hydroxylation is 1. The zero-order chi connectivity index (χ0) is 13.1. The predicted octanol–water partition coefficient (Wildman–Crippen LogP) is 5.18. The molecule has 0 saturated heterocycles. The average Bonchev–Trinajstić information content (AvgIpc) is 2.32. The average molecular weight is 367 g/mol. The lowest BCUT2D eigenvalue weighted by Crippen LogP contribution is -1.88. The van der Waals surface area contributed by atoms with Crippen LogP contribution < -0.4 is 4.74 Å². The Hall–Kier alpha value is -1.31. The molecule has 4 heteroatoms. The van der Waals surface area contributed by atoms with Crippen LogP contribution in [-0.4, -0.2) is 0 Å². The molecule has 2 rings (SSSR count). The van der Waals surface area contributed by atoms with Gasteiger partial charge in [0, 0.05) is 8.95 Å². The van der Waals surface area contributed by atoms with Gasteiger partial charge in [-0.15, -0.1) is 0 Å². The molecular formula is C14H9Br2NO. The van der Waals surface area contributed by atoms with Crippen molar-refractivity contribution < 1.29 is 4.74 Å². The Morgan fingerprint density at radius 2 is 1.83 bits per heavy atom. The fourth-order valence-electron chi connectivity index (χ4n) is 1.54. The normalized spacial score (nSPS) is 9.89. The first-order chi connectivity index (χ1) is 8.58. The van der Waals surface area contributed by atoms with E-state index in [1.807, 2.05) is 31.2 Å². The van der Waals surface area contributed by atoms with Crippen molar-refractivity contribution in [1.29, 1.82) is 5.26 Å². The highest BCUT2D eigenvalue weighted by Crippen LogP contribution is 2.29. The number of ether oxygens (including phenoxy) is 1. The first-order valence-electron chi connectivity index (χ1n) is 5.23. The molecule has 2 nitrogen and oxygen atoms in total. The first-order valence-corrected chi connectivity index (χ1v) is 6.82. The summed E-state index contributed by atoms with van der Waals surface area (Å²) in [7, 11) is 0. The van der Waals surface area contributed by atoms with Gasteiger partial charge in [0.2, 0.25) is 0 Å². The summed E-state index contributed by atoms with van der Waals surface area (Å²) >= 11 is 6.77. The molecule has 0 aliphatic carbocycles. The van der Waals surface area contributed by atoms with E-state index in [1.54, 1.807) is 12.1 Å². The highest BCUT2D eigenvalue weighted by molar-refractivity contribution is 9.10. The molecule has 0 atom stereocenters. The van der Waals surface area contributed by atoms with Crippen molar-refractivity contribution in [3.63, 3.8) is 0 Å². The maximum atomic E-state index is 8.91. The number of rotatable bonds is 2. The van der Waals surface area contributed by atoms with E-state index in [-0.39, 0.29) is 0 Å². The van der Waals surface area contributed by atoms with Crippen LogP contribution in [0.25, 0.3) is 0 Å². The summed E-state index contributed by atoms with van der Waals surface area (Å²) < 4.78 is 7.62. The molecule has 0 amide bonds. The van der Waals surface area contributed by atoms with Gasteiger partial charge in [0.15, 0.2) is 0 Å². The summed E-state index contributed by atoms with van der Waals surface area (Å²) in [6.45, 7) is 1.98. The maximum absolute atomic E-state index is 8.91. The van der Waals surface area contributed by atoms with E-state index in [2.05, 4.69) is 37.9 Å². The standard InChI is InChI=1S/C14H9Br2NO/c1-9-4-11(15)2-3-14(9)18-13-6-10(8-17)5-12(16)7-13/h2-7H,1H3. The Labute approximate surface area is 122 Å². The second kappa shape index (κ2) is 5.55. The zero-order valence-corrected chi connectivity index (χ0v) is 12.7. The molecule has 2 aromatic rings. The first kappa shape index (κ1) is 13.1. The van der Waals surface area contributed by atoms with E-state index in [9.17, 15) is 0 Å². The van der Waals surface area contributed by atoms with Crippen LogP contribution in [0.2, 0.25) is 0 Å². The third kappa shape index (κ3) is 3.12. The van der Waals surface area contributed by atoms with Gasteiger partial charge in [-0.05, 0) is 48.9 Å². The summed E-state index contributed by atoms with van der Waals surface area (Å²) in [5.74, 6) is 1.42. The molecule has 0 bridgehead atoms. The predicted molar refractivity (Wildman–Crippen MR) is 77.8 cm³/mol. The van der Waals surface area contributed by atoms with Crippen LogP contribution >= 0.6 is 31.9 Å². The van der Waals surface area contributed by atoms with Crippen molar-refractivity contribution in [1.82, 2.24) is 0 Å². The molecule has 90 valence electrons. The molecule has 0 N–H and O–H groups in total. The monoisotopic (exact) mass is 365 g/mol. The molecule has 18 heavy (non-hydrogen) atoms. The molecular weight excluding hydrogens is 358 g/mol. The van der Waals surface area contributed by atoms with Crippen molar-refractivity contribution in [3.8, 4) is 17.6 Å². The van der Waals surface area contributed by atoms with Crippen molar-refractivity contribution in [2.45, 2.75) is 6.92 Å². The van der Waals surface area contributed by atoms with E-state index < -0.39 is 0 Å². The molecule has 2 aromatic carbocycles. The largest absolute Gasteiger partial charge is 0.457 e. The Balaban J connectivity index is 2.34. The van der Waals surface area contributed by atoms with Gasteiger partial charge in [-0.1, -0.05) is 31.9 Å². The molecule has 0 aliphatic heterocycles. The molecule has 0 unspecified atom stereocenters. The van der Waals surface area contributed by atoms with Gasteiger partial charge in [0.05, 0.1) is 11.6 Å². The lowest BCUT2D eigenvalue weighted by Gasteiger charge is -2.09. The van der Waals surface area contributed by atoms with E-state index in [0.29, 0.717) is 11.3 Å². The smallest absolute Gasteiger partial charge is 0.130 e. The molecule has 0 spiro atoms. The number of halogens is 2. The van der Waals surface area contributed by atoms with E-state index in [0.717, 1.165) is 20.3 Å². The van der Waals surface area contributed by atoms with Crippen LogP contribution in [0.4, 0.5) is 0 Å². The molecule has 0 aromatic heterocycles. The fraction of sp³-hybridized carbons (Fsp3) is 0.0714. The van der Waals surface area contributed by atoms with Crippen LogP contribution in [0.3, 0.4) is 0 Å². The Morgan fingerprint density at radius 3 is 2.50 bits per heavy atom. The summed E-state index contributed by atoms with van der Waals surface area (Å²) in [5.41, 5.74) is 1.59. The topological polar surface area (TPSA) is 33.0 Å². The molecule has 0 saturated carbocycles. The lowest BCUT2D eigenvalue weighted by atomic mass is 10.2. The molecule has 0 aliphatic rings. The van der Waals surface area contributed by atoms with Crippen molar-refractivity contribution >= 4 is 31.9 Å². The third-order valence-corrected chi connectivity index (χ3v) is 3.32. The number of nitriles is 1. The van der Waals surface area contributed by atoms with Crippen LogP contribution in [-0.2, 0) is 0 Å². The fourth-order valence-corrected chi connectivity index (χ4v) is 2.49. The highest BCUT2D eigenvalue weighted by Gasteiger charge is 2.04. The number of hydrogen-bond acceptors (Lipinski definition) is 2. The summed E-state index contributed by atoms with van der Waals surface area (Å²) in [5, 5.41) is 8.91. The maximum Gasteiger partial charge on any atom is 0.130 e. The molecule has 0 radical (unpaired) electrons. The third-order valence-electron chi connectivity index (χ3n) is 2.37. The van der Waals surface area contributed by atoms with E-state index in [4.69, 9.17) is 10.00 Å². The van der Waals surface area contributed by atoms with Gasteiger partial charge >= 0.3 is 0 Å². The highest BCUT2D eigenvalue weighted by atomic mass is 79.9. The number of hydrogen-bond donors (Lipinski definition) is 0. The number of benzene rings is 2. The Morgan fingerprint density at radius 1 is 1.06 bits per heavy atom. The second-order valence-corrected chi connectivity index (χ2v) is 5.63. The minimum absolute atomic E-state index is 0.564. The Bertz CT molecular complexity index is 632. The zero-order valence-electron chi connectivity index (χ0n) is 9.58. The molecule has 0 fully saturated rings. The van der Waals surface area contributed by atoms with Gasteiger partial charge in [0.25, 0.3) is 0 Å². The summed E-state index contributed by atoms with van der Waals surface area (Å²) in [4.78, 5) is 0.